The molecular weight excluding hydrogens is 533 g/mol. The predicted molar refractivity (Wildman–Crippen MR) is 155 cm³/mol. The second kappa shape index (κ2) is 15.2. The Morgan fingerprint density at radius 1 is 0.825 bits per heavy atom. The van der Waals surface area contributed by atoms with Crippen molar-refractivity contribution in [3.05, 3.63) is 93.8 Å². The Hall–Kier alpha value is -3.71. The zero-order valence-corrected chi connectivity index (χ0v) is 23.9. The number of ketones is 1. The molecule has 0 heterocycles. The molecule has 0 saturated carbocycles. The van der Waals surface area contributed by atoms with E-state index in [-0.39, 0.29) is 35.6 Å². The van der Waals surface area contributed by atoms with E-state index in [9.17, 15) is 18.8 Å². The maximum atomic E-state index is 13.8. The number of hydrogen-bond acceptors (Lipinski definition) is 5. The molecule has 1 amide bonds. The van der Waals surface area contributed by atoms with Gasteiger partial charge in [-0.15, -0.1) is 0 Å². The first kappa shape index (κ1) is 30.8. The molecule has 3 rings (SSSR count). The highest BCUT2D eigenvalue weighted by molar-refractivity contribution is 6.35. The van der Waals surface area contributed by atoms with E-state index in [1.165, 1.54) is 29.2 Å². The van der Waals surface area contributed by atoms with Gasteiger partial charge in [0.2, 0.25) is 0 Å². The number of nitrogens with zero attached hydrogens (tertiary/aromatic N) is 1. The quantitative estimate of drug-likeness (QED) is 0.118. The molecule has 0 N–H and O–H groups in total. The summed E-state index contributed by atoms with van der Waals surface area (Å²) < 4.78 is 24.5. The van der Waals surface area contributed by atoms with Crippen LogP contribution in [-0.2, 0) is 14.3 Å². The van der Waals surface area contributed by atoms with Crippen LogP contribution in [0.15, 0.2) is 60.7 Å². The lowest BCUT2D eigenvalue weighted by molar-refractivity contribution is -0.144. The van der Waals surface area contributed by atoms with Crippen molar-refractivity contribution in [2.45, 2.75) is 59.3 Å². The standard InChI is InChI=1S/C32H35ClFNO5/c1-4-5-6-7-8-13-30(36)39-18-19-40-32(38)35(29-17-14-24(34)20-23(29)3)25-15-16-27(28(33)21-25)31(37)26-12-10-9-11-22(26)2/h9-12,14-17,20-21H,4-8,13,18-19H2,1-3H3. The summed E-state index contributed by atoms with van der Waals surface area (Å²) in [6.07, 6.45) is 4.66. The highest BCUT2D eigenvalue weighted by Crippen LogP contribution is 2.33. The molecule has 8 heteroatoms. The van der Waals surface area contributed by atoms with E-state index in [0.717, 1.165) is 37.7 Å². The molecule has 0 fully saturated rings. The summed E-state index contributed by atoms with van der Waals surface area (Å²) in [4.78, 5) is 39.6. The minimum atomic E-state index is -0.764. The van der Waals surface area contributed by atoms with Crippen molar-refractivity contribution in [1.29, 1.82) is 0 Å². The third-order valence-electron chi connectivity index (χ3n) is 6.48. The summed E-state index contributed by atoms with van der Waals surface area (Å²) in [5, 5.41) is 0.149. The molecule has 0 aliphatic heterocycles. The summed E-state index contributed by atoms with van der Waals surface area (Å²) in [6.45, 7) is 5.40. The van der Waals surface area contributed by atoms with Crippen molar-refractivity contribution in [3.63, 3.8) is 0 Å². The van der Waals surface area contributed by atoms with Gasteiger partial charge in [0.05, 0.1) is 16.4 Å². The average molecular weight is 568 g/mol. The highest BCUT2D eigenvalue weighted by Gasteiger charge is 2.24. The van der Waals surface area contributed by atoms with E-state index < -0.39 is 11.9 Å². The zero-order chi connectivity index (χ0) is 29.1. The first-order chi connectivity index (χ1) is 19.2. The van der Waals surface area contributed by atoms with Crippen LogP contribution < -0.4 is 4.90 Å². The Balaban J connectivity index is 1.74. The van der Waals surface area contributed by atoms with Gasteiger partial charge in [-0.2, -0.15) is 0 Å². The number of esters is 1. The molecule has 0 spiro atoms. The summed E-state index contributed by atoms with van der Waals surface area (Å²) in [5.41, 5.74) is 2.82. The monoisotopic (exact) mass is 567 g/mol. The van der Waals surface area contributed by atoms with E-state index in [2.05, 4.69) is 6.92 Å². The van der Waals surface area contributed by atoms with Crippen LogP contribution in [0.3, 0.4) is 0 Å². The van der Waals surface area contributed by atoms with Gasteiger partial charge in [0.25, 0.3) is 0 Å². The molecule has 0 aromatic heterocycles. The average Bonchev–Trinajstić information content (AvgIpc) is 2.92. The SMILES string of the molecule is CCCCCCCC(=O)OCCOC(=O)N(c1ccc(C(=O)c2ccccc2C)c(Cl)c1)c1ccc(F)cc1C. The van der Waals surface area contributed by atoms with Gasteiger partial charge >= 0.3 is 12.1 Å². The number of benzene rings is 3. The third-order valence-corrected chi connectivity index (χ3v) is 6.80. The molecule has 212 valence electrons. The fraction of sp³-hybridized carbons (Fsp3) is 0.344. The number of ether oxygens (including phenoxy) is 2. The van der Waals surface area contributed by atoms with Crippen LogP contribution in [0.25, 0.3) is 0 Å². The summed E-state index contributed by atoms with van der Waals surface area (Å²) in [6, 6.07) is 15.8. The van der Waals surface area contributed by atoms with Gasteiger partial charge in [-0.1, -0.05) is 68.5 Å². The lowest BCUT2D eigenvalue weighted by Gasteiger charge is -2.24. The minimum absolute atomic E-state index is 0.0829. The first-order valence-corrected chi connectivity index (χ1v) is 13.9. The maximum absolute atomic E-state index is 13.8. The molecule has 0 aliphatic carbocycles. The third kappa shape index (κ3) is 8.39. The van der Waals surface area contributed by atoms with E-state index in [1.54, 1.807) is 31.2 Å². The minimum Gasteiger partial charge on any atom is -0.462 e. The number of unbranched alkanes of at least 4 members (excludes halogenated alkanes) is 4. The zero-order valence-electron chi connectivity index (χ0n) is 23.2. The van der Waals surface area contributed by atoms with Gasteiger partial charge in [0.1, 0.15) is 19.0 Å². The molecule has 0 atom stereocenters. The van der Waals surface area contributed by atoms with Crippen molar-refractivity contribution in [3.8, 4) is 0 Å². The number of anilines is 2. The van der Waals surface area contributed by atoms with Crippen LogP contribution in [-0.4, -0.2) is 31.1 Å². The molecule has 0 unspecified atom stereocenters. The maximum Gasteiger partial charge on any atom is 0.419 e. The molecule has 0 aliphatic rings. The lowest BCUT2D eigenvalue weighted by atomic mass is 9.99. The second-order valence-corrected chi connectivity index (χ2v) is 9.98. The topological polar surface area (TPSA) is 72.9 Å². The predicted octanol–water partition coefficient (Wildman–Crippen LogP) is 8.51. The number of aryl methyl sites for hydroxylation is 2. The van der Waals surface area contributed by atoms with Crippen LogP contribution in [0.2, 0.25) is 5.02 Å². The second-order valence-electron chi connectivity index (χ2n) is 9.57. The Labute approximate surface area is 240 Å². The van der Waals surface area contributed by atoms with Gasteiger partial charge in [-0.05, 0) is 67.8 Å². The van der Waals surface area contributed by atoms with E-state index >= 15 is 0 Å². The van der Waals surface area contributed by atoms with Crippen molar-refractivity contribution < 1.29 is 28.2 Å². The number of rotatable bonds is 13. The Morgan fingerprint density at radius 2 is 1.55 bits per heavy atom. The van der Waals surface area contributed by atoms with Gasteiger partial charge in [0.15, 0.2) is 5.78 Å². The first-order valence-electron chi connectivity index (χ1n) is 13.5. The van der Waals surface area contributed by atoms with E-state index in [1.807, 2.05) is 19.1 Å². The molecule has 6 nitrogen and oxygen atoms in total. The van der Waals surface area contributed by atoms with Crippen molar-refractivity contribution >= 4 is 40.8 Å². The van der Waals surface area contributed by atoms with Crippen LogP contribution in [0.4, 0.5) is 20.6 Å². The number of carbonyl (C=O) groups excluding carboxylic acids is 3. The van der Waals surface area contributed by atoms with Gasteiger partial charge < -0.3 is 9.47 Å². The molecule has 0 saturated heterocycles. The number of halogens is 2. The van der Waals surface area contributed by atoms with Gasteiger partial charge in [-0.3, -0.25) is 9.59 Å². The Morgan fingerprint density at radius 3 is 2.25 bits per heavy atom. The summed E-state index contributed by atoms with van der Waals surface area (Å²) in [7, 11) is 0. The normalized spacial score (nSPS) is 10.7. The molecule has 0 bridgehead atoms. The Kier molecular flexibility index (Phi) is 11.7. The van der Waals surface area contributed by atoms with Crippen molar-refractivity contribution in [2.75, 3.05) is 18.1 Å². The molecule has 0 radical (unpaired) electrons. The highest BCUT2D eigenvalue weighted by atomic mass is 35.5. The van der Waals surface area contributed by atoms with Crippen LogP contribution in [0.5, 0.6) is 0 Å². The van der Waals surface area contributed by atoms with Crippen LogP contribution >= 0.6 is 11.6 Å². The molecule has 3 aromatic carbocycles. The largest absolute Gasteiger partial charge is 0.462 e. The number of carbonyl (C=O) groups is 3. The number of amides is 1. The molecule has 40 heavy (non-hydrogen) atoms. The lowest BCUT2D eigenvalue weighted by Crippen LogP contribution is -2.29. The van der Waals surface area contributed by atoms with Crippen LogP contribution in [0.1, 0.15) is 72.5 Å². The summed E-state index contributed by atoms with van der Waals surface area (Å²) in [5.74, 6) is -1.03. The summed E-state index contributed by atoms with van der Waals surface area (Å²) >= 11 is 6.54. The van der Waals surface area contributed by atoms with E-state index in [4.69, 9.17) is 21.1 Å². The number of hydrogen-bond donors (Lipinski definition) is 0. The van der Waals surface area contributed by atoms with Gasteiger partial charge in [0, 0.05) is 17.5 Å². The van der Waals surface area contributed by atoms with Gasteiger partial charge in [-0.25, -0.2) is 14.1 Å². The van der Waals surface area contributed by atoms with E-state index in [0.29, 0.717) is 28.9 Å². The molecular formula is C32H35ClFNO5. The fourth-order valence-electron chi connectivity index (χ4n) is 4.31. The van der Waals surface area contributed by atoms with Crippen molar-refractivity contribution in [2.24, 2.45) is 0 Å². The fourth-order valence-corrected chi connectivity index (χ4v) is 4.57. The van der Waals surface area contributed by atoms with Crippen LogP contribution in [0, 0.1) is 19.7 Å². The Bertz CT molecular complexity index is 1340. The molecule has 3 aromatic rings. The van der Waals surface area contributed by atoms with Crippen molar-refractivity contribution in [1.82, 2.24) is 0 Å². The smallest absolute Gasteiger partial charge is 0.419 e.